The van der Waals surface area contributed by atoms with E-state index in [1.165, 1.54) is 6.33 Å². The van der Waals surface area contributed by atoms with E-state index in [1.807, 2.05) is 0 Å². The Hall–Kier alpha value is -0.830. The van der Waals surface area contributed by atoms with Crippen molar-refractivity contribution < 1.29 is 0 Å². The van der Waals surface area contributed by atoms with Gasteiger partial charge in [0, 0.05) is 12.6 Å². The van der Waals surface area contributed by atoms with Gasteiger partial charge in [-0.15, -0.1) is 0 Å². The normalized spacial score (nSPS) is 13.7. The van der Waals surface area contributed by atoms with Crippen molar-refractivity contribution in [2.45, 2.75) is 27.7 Å². The van der Waals surface area contributed by atoms with E-state index in [4.69, 9.17) is 11.6 Å². The number of nitrogens with zero attached hydrogens (tertiary/aromatic N) is 2. The summed E-state index contributed by atoms with van der Waals surface area (Å²) >= 11 is 5.76. The Morgan fingerprint density at radius 1 is 1.40 bits per heavy atom. The first-order chi connectivity index (χ1) is 6.89. The van der Waals surface area contributed by atoms with Gasteiger partial charge in [0.25, 0.3) is 0 Å². The van der Waals surface area contributed by atoms with Crippen LogP contribution in [0.3, 0.4) is 0 Å². The number of hydrogen-bond acceptors (Lipinski definition) is 3. The van der Waals surface area contributed by atoms with Crippen LogP contribution in [0.2, 0.25) is 5.15 Å². The number of rotatable bonds is 3. The molecule has 4 heteroatoms. The third-order valence-corrected chi connectivity index (χ3v) is 2.91. The van der Waals surface area contributed by atoms with Gasteiger partial charge in [-0.25, -0.2) is 9.97 Å². The topological polar surface area (TPSA) is 37.8 Å². The molecule has 1 aromatic rings. The van der Waals surface area contributed by atoms with Crippen LogP contribution in [0.5, 0.6) is 0 Å². The lowest BCUT2D eigenvalue weighted by Crippen LogP contribution is -2.25. The minimum absolute atomic E-state index is 0.295. The highest BCUT2D eigenvalue weighted by atomic mass is 35.5. The molecule has 15 heavy (non-hydrogen) atoms. The van der Waals surface area contributed by atoms with Gasteiger partial charge in [-0.05, 0) is 11.3 Å². The summed E-state index contributed by atoms with van der Waals surface area (Å²) < 4.78 is 0. The average molecular weight is 228 g/mol. The quantitative estimate of drug-likeness (QED) is 0.806. The lowest BCUT2D eigenvalue weighted by Gasteiger charge is -2.27. The summed E-state index contributed by atoms with van der Waals surface area (Å²) in [7, 11) is 0. The zero-order chi connectivity index (χ0) is 11.5. The van der Waals surface area contributed by atoms with E-state index < -0.39 is 0 Å². The van der Waals surface area contributed by atoms with Crippen LogP contribution >= 0.6 is 11.6 Å². The van der Waals surface area contributed by atoms with Gasteiger partial charge >= 0.3 is 0 Å². The second kappa shape index (κ2) is 4.79. The molecule has 3 nitrogen and oxygen atoms in total. The molecule has 1 rings (SSSR count). The zero-order valence-corrected chi connectivity index (χ0v) is 10.5. The highest BCUT2D eigenvalue weighted by Gasteiger charge is 2.19. The summed E-state index contributed by atoms with van der Waals surface area (Å²) in [5.74, 6) is 1.34. The molecule has 0 fully saturated rings. The smallest absolute Gasteiger partial charge is 0.134 e. The third-order valence-electron chi connectivity index (χ3n) is 2.70. The average Bonchev–Trinajstić information content (AvgIpc) is 2.12. The minimum atomic E-state index is 0.295. The Kier molecular flexibility index (Phi) is 3.91. The molecule has 1 N–H and O–H groups in total. The van der Waals surface area contributed by atoms with Gasteiger partial charge in [-0.3, -0.25) is 0 Å². The molecule has 0 radical (unpaired) electrons. The van der Waals surface area contributed by atoms with Gasteiger partial charge in [0.05, 0.1) is 0 Å². The molecule has 1 aromatic heterocycles. The molecule has 1 heterocycles. The predicted molar refractivity (Wildman–Crippen MR) is 64.2 cm³/mol. The summed E-state index contributed by atoms with van der Waals surface area (Å²) in [6, 6.07) is 1.73. The highest BCUT2D eigenvalue weighted by molar-refractivity contribution is 6.29. The number of nitrogens with one attached hydrogen (secondary N) is 1. The first kappa shape index (κ1) is 12.2. The van der Waals surface area contributed by atoms with Gasteiger partial charge < -0.3 is 5.32 Å². The van der Waals surface area contributed by atoms with Crippen LogP contribution in [0.1, 0.15) is 27.7 Å². The van der Waals surface area contributed by atoms with Crippen LogP contribution in [0.4, 0.5) is 5.82 Å². The molecule has 0 saturated carbocycles. The molecule has 1 unspecified atom stereocenters. The summed E-state index contributed by atoms with van der Waals surface area (Å²) in [5.41, 5.74) is 0.295. The minimum Gasteiger partial charge on any atom is -0.370 e. The second-order valence-electron chi connectivity index (χ2n) is 4.87. The Morgan fingerprint density at radius 2 is 2.07 bits per heavy atom. The van der Waals surface area contributed by atoms with Crippen LogP contribution in [0, 0.1) is 11.3 Å². The Morgan fingerprint density at radius 3 is 2.60 bits per heavy atom. The first-order valence-corrected chi connectivity index (χ1v) is 5.49. The van der Waals surface area contributed by atoms with Crippen molar-refractivity contribution in [1.29, 1.82) is 0 Å². The third kappa shape index (κ3) is 4.04. The SMILES string of the molecule is CC(CNc1cc(Cl)ncn1)C(C)(C)C. The van der Waals surface area contributed by atoms with Gasteiger partial charge in [-0.1, -0.05) is 39.3 Å². The fraction of sp³-hybridized carbons (Fsp3) is 0.636. The maximum Gasteiger partial charge on any atom is 0.134 e. The summed E-state index contributed by atoms with van der Waals surface area (Å²) in [4.78, 5) is 7.92. The van der Waals surface area contributed by atoms with E-state index in [9.17, 15) is 0 Å². The molecular formula is C11H18ClN3. The van der Waals surface area contributed by atoms with Crippen LogP contribution < -0.4 is 5.32 Å². The van der Waals surface area contributed by atoms with Gasteiger partial charge in [0.2, 0.25) is 0 Å². The van der Waals surface area contributed by atoms with Crippen molar-refractivity contribution in [2.24, 2.45) is 11.3 Å². The van der Waals surface area contributed by atoms with E-state index in [0.29, 0.717) is 16.5 Å². The highest BCUT2D eigenvalue weighted by Crippen LogP contribution is 2.25. The standard InChI is InChI=1S/C11H18ClN3/c1-8(11(2,3)4)6-13-10-5-9(12)14-7-15-10/h5,7-8H,6H2,1-4H3,(H,13,14,15). The van der Waals surface area contributed by atoms with Crippen LogP contribution in [0.15, 0.2) is 12.4 Å². The van der Waals surface area contributed by atoms with E-state index in [2.05, 4.69) is 43.0 Å². The predicted octanol–water partition coefficient (Wildman–Crippen LogP) is 3.22. The summed E-state index contributed by atoms with van der Waals surface area (Å²) in [6.07, 6.45) is 1.46. The molecule has 0 bridgehead atoms. The fourth-order valence-corrected chi connectivity index (χ4v) is 1.14. The summed E-state index contributed by atoms with van der Waals surface area (Å²) in [6.45, 7) is 9.79. The van der Waals surface area contributed by atoms with Crippen molar-refractivity contribution in [3.05, 3.63) is 17.5 Å². The van der Waals surface area contributed by atoms with Gasteiger partial charge in [-0.2, -0.15) is 0 Å². The van der Waals surface area contributed by atoms with Gasteiger partial charge in [0.1, 0.15) is 17.3 Å². The maximum atomic E-state index is 5.76. The van der Waals surface area contributed by atoms with Crippen LogP contribution in [-0.2, 0) is 0 Å². The monoisotopic (exact) mass is 227 g/mol. The molecule has 0 aromatic carbocycles. The van der Waals surface area contributed by atoms with E-state index in [1.54, 1.807) is 6.07 Å². The van der Waals surface area contributed by atoms with Crippen LogP contribution in [0.25, 0.3) is 0 Å². The van der Waals surface area contributed by atoms with E-state index in [0.717, 1.165) is 12.4 Å². The van der Waals surface area contributed by atoms with Crippen molar-refractivity contribution in [2.75, 3.05) is 11.9 Å². The molecular weight excluding hydrogens is 210 g/mol. The summed E-state index contributed by atoms with van der Waals surface area (Å²) in [5, 5.41) is 3.72. The van der Waals surface area contributed by atoms with Crippen molar-refractivity contribution in [1.82, 2.24) is 9.97 Å². The molecule has 0 aliphatic heterocycles. The molecule has 0 aliphatic rings. The zero-order valence-electron chi connectivity index (χ0n) is 9.71. The van der Waals surface area contributed by atoms with E-state index >= 15 is 0 Å². The Bertz CT molecular complexity index is 320. The van der Waals surface area contributed by atoms with Crippen LogP contribution in [-0.4, -0.2) is 16.5 Å². The Balaban J connectivity index is 2.51. The molecule has 0 spiro atoms. The van der Waals surface area contributed by atoms with Crippen molar-refractivity contribution >= 4 is 17.4 Å². The maximum absolute atomic E-state index is 5.76. The first-order valence-electron chi connectivity index (χ1n) is 5.11. The molecule has 0 amide bonds. The fourth-order valence-electron chi connectivity index (χ4n) is 0.994. The lowest BCUT2D eigenvalue weighted by molar-refractivity contribution is 0.274. The largest absolute Gasteiger partial charge is 0.370 e. The van der Waals surface area contributed by atoms with E-state index in [-0.39, 0.29) is 0 Å². The van der Waals surface area contributed by atoms with Gasteiger partial charge in [0.15, 0.2) is 0 Å². The number of hydrogen-bond donors (Lipinski definition) is 1. The molecule has 0 saturated heterocycles. The van der Waals surface area contributed by atoms with Crippen molar-refractivity contribution in [3.8, 4) is 0 Å². The second-order valence-corrected chi connectivity index (χ2v) is 5.26. The lowest BCUT2D eigenvalue weighted by atomic mass is 9.82. The molecule has 84 valence electrons. The molecule has 1 atom stereocenters. The Labute approximate surface area is 96.3 Å². The number of halogens is 1. The number of anilines is 1. The van der Waals surface area contributed by atoms with Crippen molar-refractivity contribution in [3.63, 3.8) is 0 Å². The number of aromatic nitrogens is 2. The molecule has 0 aliphatic carbocycles.